The van der Waals surface area contributed by atoms with Gasteiger partial charge in [-0.3, -0.25) is 9.59 Å². The Kier molecular flexibility index (Phi) is 4.87. The van der Waals surface area contributed by atoms with Gasteiger partial charge in [0.05, 0.1) is 23.7 Å². The van der Waals surface area contributed by atoms with Crippen LogP contribution in [0.1, 0.15) is 22.3 Å². The van der Waals surface area contributed by atoms with Crippen molar-refractivity contribution in [3.8, 4) is 11.5 Å². The maximum absolute atomic E-state index is 12.7. The molecule has 1 aliphatic heterocycles. The summed E-state index contributed by atoms with van der Waals surface area (Å²) in [5.41, 5.74) is 2.33. The molecule has 2 heterocycles. The van der Waals surface area contributed by atoms with E-state index in [2.05, 4.69) is 4.99 Å². The number of methoxy groups -OCH3 is 1. The van der Waals surface area contributed by atoms with Gasteiger partial charge < -0.3 is 18.8 Å². The molecule has 0 saturated heterocycles. The summed E-state index contributed by atoms with van der Waals surface area (Å²) < 4.78 is 18.4. The van der Waals surface area contributed by atoms with E-state index in [1.807, 2.05) is 35.8 Å². The second kappa shape index (κ2) is 7.47. The number of nitrogens with zero attached hydrogens (tertiary/aromatic N) is 2. The topological polar surface area (TPSA) is 79.1 Å². The first-order chi connectivity index (χ1) is 13.5. The van der Waals surface area contributed by atoms with Crippen LogP contribution in [0.25, 0.3) is 10.2 Å². The Morgan fingerprint density at radius 2 is 2.00 bits per heavy atom. The van der Waals surface area contributed by atoms with Crippen molar-refractivity contribution >= 4 is 33.4 Å². The van der Waals surface area contributed by atoms with Crippen molar-refractivity contribution in [1.29, 1.82) is 0 Å². The van der Waals surface area contributed by atoms with Crippen LogP contribution in [0.5, 0.6) is 11.5 Å². The number of hydrogen-bond acceptors (Lipinski definition) is 6. The van der Waals surface area contributed by atoms with E-state index in [1.165, 1.54) is 18.4 Å². The first-order valence-electron chi connectivity index (χ1n) is 8.70. The van der Waals surface area contributed by atoms with Crippen LogP contribution < -0.4 is 14.3 Å². The van der Waals surface area contributed by atoms with Crippen LogP contribution in [-0.4, -0.2) is 30.3 Å². The summed E-state index contributed by atoms with van der Waals surface area (Å²) >= 11 is 1.36. The molecule has 0 bridgehead atoms. The maximum atomic E-state index is 12.7. The zero-order valence-corrected chi connectivity index (χ0v) is 16.2. The minimum absolute atomic E-state index is 0.169. The highest BCUT2D eigenvalue weighted by Crippen LogP contribution is 2.37. The number of aromatic nitrogens is 1. The SMILES string of the molecule is COC(=O)CCn1c(=NC(=O)c2cccc(C)c2)sc2cc3c(cc21)OCO3. The molecular formula is C20H18N2O5S. The van der Waals surface area contributed by atoms with Gasteiger partial charge in [0, 0.05) is 24.2 Å². The molecule has 0 radical (unpaired) electrons. The number of esters is 1. The van der Waals surface area contributed by atoms with E-state index in [-0.39, 0.29) is 25.1 Å². The fourth-order valence-electron chi connectivity index (χ4n) is 3.00. The summed E-state index contributed by atoms with van der Waals surface area (Å²) in [4.78, 5) is 29.2. The van der Waals surface area contributed by atoms with E-state index in [4.69, 9.17) is 14.2 Å². The molecular weight excluding hydrogens is 380 g/mol. The molecule has 0 spiro atoms. The predicted octanol–water partition coefficient (Wildman–Crippen LogP) is 3.04. The Hall–Kier alpha value is -3.13. The molecule has 2 aromatic carbocycles. The lowest BCUT2D eigenvalue weighted by Gasteiger charge is -2.05. The van der Waals surface area contributed by atoms with E-state index in [1.54, 1.807) is 12.1 Å². The molecule has 0 fully saturated rings. The van der Waals surface area contributed by atoms with Crippen LogP contribution in [0, 0.1) is 6.92 Å². The van der Waals surface area contributed by atoms with Gasteiger partial charge >= 0.3 is 5.97 Å². The number of amides is 1. The van der Waals surface area contributed by atoms with E-state index in [9.17, 15) is 9.59 Å². The minimum Gasteiger partial charge on any atom is -0.469 e. The molecule has 0 atom stereocenters. The van der Waals surface area contributed by atoms with Crippen LogP contribution in [-0.2, 0) is 16.1 Å². The maximum Gasteiger partial charge on any atom is 0.307 e. The Morgan fingerprint density at radius 3 is 2.75 bits per heavy atom. The van der Waals surface area contributed by atoms with Gasteiger partial charge in [-0.15, -0.1) is 0 Å². The molecule has 0 N–H and O–H groups in total. The van der Waals surface area contributed by atoms with E-state index in [0.717, 1.165) is 15.8 Å². The average Bonchev–Trinajstić information content (AvgIpc) is 3.27. The van der Waals surface area contributed by atoms with E-state index in [0.29, 0.717) is 28.4 Å². The third-order valence-corrected chi connectivity index (χ3v) is 5.45. The van der Waals surface area contributed by atoms with Gasteiger partial charge in [0.25, 0.3) is 5.91 Å². The van der Waals surface area contributed by atoms with Gasteiger partial charge in [0.2, 0.25) is 6.79 Å². The zero-order valence-electron chi connectivity index (χ0n) is 15.4. The first-order valence-corrected chi connectivity index (χ1v) is 9.52. The second-order valence-corrected chi connectivity index (χ2v) is 7.33. The Balaban J connectivity index is 1.81. The zero-order chi connectivity index (χ0) is 19.7. The molecule has 144 valence electrons. The molecule has 4 rings (SSSR count). The van der Waals surface area contributed by atoms with Gasteiger partial charge in [0.15, 0.2) is 16.3 Å². The monoisotopic (exact) mass is 398 g/mol. The number of aryl methyl sites for hydroxylation is 2. The molecule has 1 amide bonds. The van der Waals surface area contributed by atoms with Crippen molar-refractivity contribution in [3.05, 3.63) is 52.3 Å². The lowest BCUT2D eigenvalue weighted by atomic mass is 10.1. The number of hydrogen-bond donors (Lipinski definition) is 0. The largest absolute Gasteiger partial charge is 0.469 e. The van der Waals surface area contributed by atoms with Crippen molar-refractivity contribution in [1.82, 2.24) is 4.57 Å². The molecule has 0 saturated carbocycles. The third kappa shape index (κ3) is 3.50. The number of fused-ring (bicyclic) bond motifs is 2. The normalized spacial score (nSPS) is 13.1. The van der Waals surface area contributed by atoms with E-state index >= 15 is 0 Å². The summed E-state index contributed by atoms with van der Waals surface area (Å²) in [6.45, 7) is 2.44. The highest BCUT2D eigenvalue weighted by Gasteiger charge is 2.18. The molecule has 7 nitrogen and oxygen atoms in total. The van der Waals surface area contributed by atoms with Crippen LogP contribution in [0.3, 0.4) is 0 Å². The molecule has 0 unspecified atom stereocenters. The van der Waals surface area contributed by atoms with Gasteiger partial charge in [-0.2, -0.15) is 4.99 Å². The van der Waals surface area contributed by atoms with Crippen molar-refractivity contribution in [2.24, 2.45) is 4.99 Å². The Bertz CT molecular complexity index is 1150. The van der Waals surface area contributed by atoms with Crippen molar-refractivity contribution in [2.75, 3.05) is 13.9 Å². The number of benzene rings is 2. The number of rotatable bonds is 4. The fraction of sp³-hybridized carbons (Fsp3) is 0.250. The fourth-order valence-corrected chi connectivity index (χ4v) is 4.06. The van der Waals surface area contributed by atoms with Gasteiger partial charge in [-0.25, -0.2) is 0 Å². The van der Waals surface area contributed by atoms with Gasteiger partial charge in [-0.1, -0.05) is 29.0 Å². The minimum atomic E-state index is -0.331. The number of carbonyl (C=O) groups is 2. The lowest BCUT2D eigenvalue weighted by Crippen LogP contribution is -2.19. The highest BCUT2D eigenvalue weighted by atomic mass is 32.1. The van der Waals surface area contributed by atoms with Crippen molar-refractivity contribution < 1.29 is 23.8 Å². The molecule has 3 aromatic rings. The van der Waals surface area contributed by atoms with Crippen LogP contribution in [0.2, 0.25) is 0 Å². The summed E-state index contributed by atoms with van der Waals surface area (Å²) in [5.74, 6) is 0.629. The van der Waals surface area contributed by atoms with Crippen molar-refractivity contribution in [2.45, 2.75) is 19.9 Å². The predicted molar refractivity (Wildman–Crippen MR) is 104 cm³/mol. The summed E-state index contributed by atoms with van der Waals surface area (Å²) in [5, 5.41) is 0. The highest BCUT2D eigenvalue weighted by molar-refractivity contribution is 7.16. The smallest absolute Gasteiger partial charge is 0.307 e. The van der Waals surface area contributed by atoms with Crippen LogP contribution >= 0.6 is 11.3 Å². The van der Waals surface area contributed by atoms with E-state index < -0.39 is 0 Å². The van der Waals surface area contributed by atoms with Gasteiger partial charge in [0.1, 0.15) is 0 Å². The summed E-state index contributed by atoms with van der Waals surface area (Å²) in [6, 6.07) is 11.0. The Morgan fingerprint density at radius 1 is 1.21 bits per heavy atom. The van der Waals surface area contributed by atoms with Crippen LogP contribution in [0.15, 0.2) is 41.4 Å². The molecule has 0 aliphatic carbocycles. The summed E-state index contributed by atoms with van der Waals surface area (Å²) in [6.07, 6.45) is 0.169. The number of carbonyl (C=O) groups excluding carboxylic acids is 2. The number of thiazole rings is 1. The molecule has 8 heteroatoms. The van der Waals surface area contributed by atoms with Gasteiger partial charge in [-0.05, 0) is 19.1 Å². The Labute approximate surface area is 164 Å². The molecule has 28 heavy (non-hydrogen) atoms. The standard InChI is InChI=1S/C20H18N2O5S/c1-12-4-3-5-13(8-12)19(24)21-20-22(7-6-18(23)25-2)14-9-15-16(27-11-26-15)10-17(14)28-20/h3-5,8-10H,6-7,11H2,1-2H3. The first kappa shape index (κ1) is 18.2. The molecule has 1 aromatic heterocycles. The van der Waals surface area contributed by atoms with Crippen LogP contribution in [0.4, 0.5) is 0 Å². The third-order valence-electron chi connectivity index (χ3n) is 4.41. The number of ether oxygens (including phenoxy) is 3. The summed E-state index contributed by atoms with van der Waals surface area (Å²) in [7, 11) is 1.35. The quantitative estimate of drug-likeness (QED) is 0.631. The van der Waals surface area contributed by atoms with Crippen molar-refractivity contribution in [3.63, 3.8) is 0 Å². The second-order valence-electron chi connectivity index (χ2n) is 6.32. The lowest BCUT2D eigenvalue weighted by molar-refractivity contribution is -0.140. The average molecular weight is 398 g/mol. The molecule has 1 aliphatic rings.